The van der Waals surface area contributed by atoms with E-state index in [9.17, 15) is 4.39 Å². The molecule has 2 bridgehead atoms. The highest BCUT2D eigenvalue weighted by Gasteiger charge is 2.35. The number of likely N-dealkylation sites (tertiary alicyclic amines) is 1. The zero-order chi connectivity index (χ0) is 29.0. The predicted molar refractivity (Wildman–Crippen MR) is 159 cm³/mol. The van der Waals surface area contributed by atoms with Crippen LogP contribution in [0.1, 0.15) is 36.9 Å². The van der Waals surface area contributed by atoms with Crippen LogP contribution in [0.2, 0.25) is 0 Å². The molecule has 0 unspecified atom stereocenters. The monoisotopic (exact) mass is 564 g/mol. The summed E-state index contributed by atoms with van der Waals surface area (Å²) in [4.78, 5) is 18.4. The Balaban J connectivity index is 1.44. The third-order valence-corrected chi connectivity index (χ3v) is 8.87. The third kappa shape index (κ3) is 4.41. The van der Waals surface area contributed by atoms with E-state index < -0.39 is 11.6 Å². The molecule has 0 saturated carbocycles. The highest BCUT2D eigenvalue weighted by Crippen LogP contribution is 2.39. The smallest absolute Gasteiger partial charge is 0.319 e. The Morgan fingerprint density at radius 2 is 1.81 bits per heavy atom. The molecule has 5 heterocycles. The summed E-state index contributed by atoms with van der Waals surface area (Å²) in [6.45, 7) is 2.80. The number of likely N-dealkylation sites (N-methyl/N-ethyl adjacent to an activating group) is 1. The van der Waals surface area contributed by atoms with Gasteiger partial charge in [-0.2, -0.15) is 9.97 Å². The van der Waals surface area contributed by atoms with Crippen molar-refractivity contribution < 1.29 is 13.5 Å². The maximum absolute atomic E-state index is 16.8. The van der Waals surface area contributed by atoms with Crippen molar-refractivity contribution in [2.45, 2.75) is 43.8 Å². The van der Waals surface area contributed by atoms with Gasteiger partial charge in [0.15, 0.2) is 5.82 Å². The highest BCUT2D eigenvalue weighted by molar-refractivity contribution is 6.03. The summed E-state index contributed by atoms with van der Waals surface area (Å²) in [5, 5.41) is 5.05. The van der Waals surface area contributed by atoms with Gasteiger partial charge in [0.1, 0.15) is 35.1 Å². The van der Waals surface area contributed by atoms with Crippen LogP contribution in [-0.2, 0) is 0 Å². The molecule has 0 spiro atoms. The Kier molecular flexibility index (Phi) is 6.65. The van der Waals surface area contributed by atoms with Gasteiger partial charge in [-0.05, 0) is 56.6 Å². The number of aromatic nitrogens is 3. The highest BCUT2D eigenvalue weighted by atomic mass is 19.1. The number of nitrogens with zero attached hydrogens (tertiary/aromatic N) is 5. The lowest BCUT2D eigenvalue weighted by Gasteiger charge is -2.34. The van der Waals surface area contributed by atoms with E-state index in [-0.39, 0.29) is 34.5 Å². The number of anilines is 1. The number of pyridine rings is 1. The molecule has 3 atom stereocenters. The molecule has 0 amide bonds. The lowest BCUT2D eigenvalue weighted by atomic mass is 9.96. The molecule has 3 saturated heterocycles. The topological polar surface area (TPSA) is 66.4 Å². The van der Waals surface area contributed by atoms with Gasteiger partial charge < -0.3 is 19.9 Å². The van der Waals surface area contributed by atoms with Crippen LogP contribution >= 0.6 is 0 Å². The molecule has 7 nitrogen and oxygen atoms in total. The maximum Gasteiger partial charge on any atom is 0.319 e. The predicted octanol–water partition coefficient (Wildman–Crippen LogP) is 4.50. The molecule has 1 N–H and O–H groups in total. The normalized spacial score (nSPS) is 22.0. The summed E-state index contributed by atoms with van der Waals surface area (Å²) in [5.41, 5.74) is 0.561. The van der Waals surface area contributed by atoms with Gasteiger partial charge in [-0.25, -0.2) is 13.8 Å². The van der Waals surface area contributed by atoms with Gasteiger partial charge in [0, 0.05) is 42.2 Å². The Hall–Kier alpha value is -4.31. The summed E-state index contributed by atoms with van der Waals surface area (Å²) >= 11 is 0. The van der Waals surface area contributed by atoms with Crippen LogP contribution in [0, 0.1) is 36.3 Å². The van der Waals surface area contributed by atoms with Crippen molar-refractivity contribution in [3.8, 4) is 42.0 Å². The fourth-order valence-corrected chi connectivity index (χ4v) is 6.73. The Labute approximate surface area is 243 Å². The number of hydrogen-bond donors (Lipinski definition) is 1. The minimum atomic E-state index is -0.687. The van der Waals surface area contributed by atoms with Crippen LogP contribution < -0.4 is 15.0 Å². The number of piperazine rings is 1. The molecule has 212 valence electrons. The molecular formula is C33H30F2N6O. The molecule has 0 aliphatic carbocycles. The summed E-state index contributed by atoms with van der Waals surface area (Å²) in [6, 6.07) is 9.09. The molecule has 3 fully saturated rings. The number of ether oxygens (including phenoxy) is 1. The first-order valence-electron chi connectivity index (χ1n) is 14.3. The molecule has 7 rings (SSSR count). The number of fused-ring (bicyclic) bond motifs is 4. The lowest BCUT2D eigenvalue weighted by molar-refractivity contribution is 0.188. The number of hydrogen-bond acceptors (Lipinski definition) is 7. The number of nitrogens with one attached hydrogen (secondary N) is 1. The zero-order valence-corrected chi connectivity index (χ0v) is 23.3. The van der Waals surface area contributed by atoms with Gasteiger partial charge in [-0.1, -0.05) is 30.2 Å². The van der Waals surface area contributed by atoms with Crippen molar-refractivity contribution in [1.29, 1.82) is 0 Å². The summed E-state index contributed by atoms with van der Waals surface area (Å²) in [6.07, 6.45) is 16.0. The van der Waals surface area contributed by atoms with Crippen LogP contribution in [0.5, 0.6) is 6.01 Å². The van der Waals surface area contributed by atoms with E-state index in [1.54, 1.807) is 24.3 Å². The molecule has 0 radical (unpaired) electrons. The van der Waals surface area contributed by atoms with Crippen LogP contribution in [0.15, 0.2) is 30.3 Å². The SMILES string of the molecule is C#Cc1c(F)ccc2cccc(-c3nc(C#C)c4c(N5C[C@H]6CC[C@@H](C5)N6)nc(OC[C@@H]5CCCN5C)nc4c3F)c12. The van der Waals surface area contributed by atoms with Gasteiger partial charge in [0.25, 0.3) is 0 Å². The Morgan fingerprint density at radius 1 is 1.00 bits per heavy atom. The van der Waals surface area contributed by atoms with Crippen molar-refractivity contribution in [2.75, 3.05) is 38.2 Å². The fraction of sp³-hybridized carbons (Fsp3) is 0.364. The molecule has 9 heteroatoms. The van der Waals surface area contributed by atoms with Crippen molar-refractivity contribution in [2.24, 2.45) is 0 Å². The molecule has 4 aromatic rings. The average Bonchev–Trinajstić information content (AvgIpc) is 3.58. The summed E-state index contributed by atoms with van der Waals surface area (Å²) in [7, 11) is 2.07. The molecular weight excluding hydrogens is 534 g/mol. The first-order chi connectivity index (χ1) is 20.4. The van der Waals surface area contributed by atoms with Crippen LogP contribution in [0.3, 0.4) is 0 Å². The maximum atomic E-state index is 16.8. The van der Waals surface area contributed by atoms with Crippen LogP contribution in [0.25, 0.3) is 32.9 Å². The summed E-state index contributed by atoms with van der Waals surface area (Å²) in [5.74, 6) is 4.35. The second-order valence-electron chi connectivity index (χ2n) is 11.4. The minimum absolute atomic E-state index is 0.0225. The van der Waals surface area contributed by atoms with Crippen molar-refractivity contribution in [1.82, 2.24) is 25.2 Å². The third-order valence-electron chi connectivity index (χ3n) is 8.87. The first-order valence-corrected chi connectivity index (χ1v) is 14.3. The van der Waals surface area contributed by atoms with Gasteiger partial charge in [0.05, 0.1) is 10.9 Å². The van der Waals surface area contributed by atoms with E-state index in [2.05, 4.69) is 44.0 Å². The number of rotatable bonds is 5. The standard InChI is InChI=1S/C33H30F2N6O/c1-4-23-25(34)14-11-19-8-6-10-24(27(19)23)30-29(35)31-28(26(5-2)37-30)32(41-16-20-12-13-21(17-41)36-20)39-33(38-31)42-18-22-9-7-15-40(22)3/h1-2,6,8,10-11,14,20-22,36H,7,9,12-13,15-18H2,3H3/t20-,21+,22-/m0/s1. The van der Waals surface area contributed by atoms with Gasteiger partial charge in [-0.15, -0.1) is 12.8 Å². The molecule has 42 heavy (non-hydrogen) atoms. The van der Waals surface area contributed by atoms with E-state index in [1.807, 2.05) is 0 Å². The Morgan fingerprint density at radius 3 is 2.52 bits per heavy atom. The lowest BCUT2D eigenvalue weighted by Crippen LogP contribution is -2.51. The van der Waals surface area contributed by atoms with E-state index in [1.165, 1.54) is 6.07 Å². The molecule has 2 aromatic heterocycles. The van der Waals surface area contributed by atoms with Crippen molar-refractivity contribution in [3.63, 3.8) is 0 Å². The second-order valence-corrected chi connectivity index (χ2v) is 11.4. The van der Waals surface area contributed by atoms with E-state index >= 15 is 4.39 Å². The minimum Gasteiger partial charge on any atom is -0.462 e. The molecule has 3 aliphatic heterocycles. The number of benzene rings is 2. The number of halogens is 2. The summed E-state index contributed by atoms with van der Waals surface area (Å²) < 4.78 is 37.7. The molecule has 3 aliphatic rings. The van der Waals surface area contributed by atoms with Crippen molar-refractivity contribution >= 4 is 27.5 Å². The Bertz CT molecular complexity index is 1800. The second kappa shape index (κ2) is 10.5. The van der Waals surface area contributed by atoms with Crippen LogP contribution in [-0.4, -0.2) is 71.3 Å². The van der Waals surface area contributed by atoms with Gasteiger partial charge in [-0.3, -0.25) is 0 Å². The first kappa shape index (κ1) is 26.6. The average molecular weight is 565 g/mol. The molecule has 2 aromatic carbocycles. The van der Waals surface area contributed by atoms with E-state index in [0.717, 1.165) is 32.2 Å². The van der Waals surface area contributed by atoms with Crippen LogP contribution in [0.4, 0.5) is 14.6 Å². The van der Waals surface area contributed by atoms with Crippen molar-refractivity contribution in [3.05, 3.63) is 53.2 Å². The van der Waals surface area contributed by atoms with Gasteiger partial charge >= 0.3 is 6.01 Å². The zero-order valence-electron chi connectivity index (χ0n) is 23.3. The number of terminal acetylenes is 2. The van der Waals surface area contributed by atoms with E-state index in [4.69, 9.17) is 22.6 Å². The fourth-order valence-electron chi connectivity index (χ4n) is 6.73. The largest absolute Gasteiger partial charge is 0.462 e. The quantitative estimate of drug-likeness (QED) is 0.358. The van der Waals surface area contributed by atoms with Gasteiger partial charge in [0.2, 0.25) is 0 Å². The van der Waals surface area contributed by atoms with E-state index in [0.29, 0.717) is 59.3 Å².